The number of piperidine rings is 1. The van der Waals surface area contributed by atoms with Crippen LogP contribution in [0.3, 0.4) is 0 Å². The summed E-state index contributed by atoms with van der Waals surface area (Å²) in [5.41, 5.74) is 1.57. The van der Waals surface area contributed by atoms with Crippen LogP contribution in [0.4, 0.5) is 25.8 Å². The zero-order valence-electron chi connectivity index (χ0n) is 99.2. The predicted molar refractivity (Wildman–Crippen MR) is 590 cm³/mol. The van der Waals surface area contributed by atoms with Crippen molar-refractivity contribution >= 4 is 47.2 Å². The minimum atomic E-state index is -0.343. The number of amides is 6. The molecule has 7 rings (SSSR count). The fourth-order valence-electron chi connectivity index (χ4n) is 16.9. The van der Waals surface area contributed by atoms with Crippen molar-refractivity contribution in [3.05, 3.63) is 52.0 Å². The number of Topliss-reactive ketones (excluding diaryl/α,β-unsaturated/α-hetero) is 1. The van der Waals surface area contributed by atoms with Crippen molar-refractivity contribution in [1.82, 2.24) is 72.4 Å². The van der Waals surface area contributed by atoms with Gasteiger partial charge in [0.2, 0.25) is 33.5 Å². The number of ether oxygens (including phenoxy) is 2. The Kier molecular flexibility index (Phi) is 55.3. The molecule has 0 saturated carbocycles. The van der Waals surface area contributed by atoms with Gasteiger partial charge in [-0.05, 0) is 80.3 Å². The van der Waals surface area contributed by atoms with E-state index in [4.69, 9.17) is 9.47 Å². The van der Waals surface area contributed by atoms with Crippen LogP contribution in [0, 0.1) is 48.7 Å². The molecule has 0 spiro atoms. The molecule has 6 amide bonds. The van der Waals surface area contributed by atoms with Crippen molar-refractivity contribution in [3.8, 4) is 0 Å². The van der Waals surface area contributed by atoms with Crippen LogP contribution in [0.15, 0.2) is 19.2 Å². The first kappa shape index (κ1) is 134. The van der Waals surface area contributed by atoms with Gasteiger partial charge in [-0.1, -0.05) is 332 Å². The first-order valence-corrected chi connectivity index (χ1v) is 53.3. The van der Waals surface area contributed by atoms with E-state index in [1.54, 1.807) is 4.90 Å². The van der Waals surface area contributed by atoms with Crippen molar-refractivity contribution in [2.45, 2.75) is 479 Å². The Labute approximate surface area is 855 Å². The highest BCUT2D eigenvalue weighted by molar-refractivity contribution is 5.89. The van der Waals surface area contributed by atoms with Crippen molar-refractivity contribution in [2.75, 3.05) is 122 Å². The summed E-state index contributed by atoms with van der Waals surface area (Å²) in [7, 11) is 3.81. The normalized spacial score (nSPS) is 17.5. The summed E-state index contributed by atoms with van der Waals surface area (Å²) in [5.74, 6) is 1.04. The number of rotatable bonds is 34. The second-order valence-corrected chi connectivity index (χ2v) is 53.8. The van der Waals surface area contributed by atoms with Crippen LogP contribution in [0.5, 0.6) is 0 Å². The number of carbonyl (C=O) groups is 6. The Morgan fingerprint density at radius 3 is 0.893 bits per heavy atom. The van der Waals surface area contributed by atoms with E-state index in [0.29, 0.717) is 139 Å². The smallest absolute Gasteiger partial charge is 0.409 e. The fourth-order valence-corrected chi connectivity index (χ4v) is 16.9. The fraction of sp³-hybridized carbons (Fsp3) is 0.875. The molecule has 28 heteroatoms. The van der Waals surface area contributed by atoms with Gasteiger partial charge in [0.1, 0.15) is 6.61 Å². The summed E-state index contributed by atoms with van der Waals surface area (Å²) in [4.78, 5) is 131. The standard InChI is InChI=1S/C18H32N2O2.C17H30N2O2.C14H28N2O.C13H26N2O2.C13H26N2O.C13H27NO.C12H25N3O.C12H24N2O2/c1-11(2)19-12(17(3,4)5)10-20(9)14-13(18(6,7)8)15(21)16(14)22;1-10(2)13-14(16(21)15(13)20)19(8)9-12(17(5,6)7)18-11(3)4;1-11(2)15-12(14(3,4)5)10-16-9-7-6-8-13(16)17;1-10(2)14-11(13(3,4)5)9-15-7-6-8-17-12(15)16;1-10(2)14-11(13(3,4)5)9-15-8-6-7-12(15)16;1-9(2)14-10(12(3,4)5)11(15)13(6,7)8;1-9(2)14-10(12(3,4)5)8-15-7-6-13-11(15)16;1-9(2)13-10(12(3,4)5)8-14-6-7-16-11(14)15/h11-12,19H,10H2,1-9H3;10-12,18H,9H2,1-8H3;11-12,15H,6-10H2,1-5H3;10-11,14H,6-9H2,1-5H3;10-11,14H,6-9H2,1-5H3;9-10,14H,1-8H3;9-10,14H,6-8H2,1-5H3,(H,13,16);9-10,13H,6-8H2,1-5H3/t3*12-;2*11-;3*10-/m11111111/s1. The number of nitrogens with zero attached hydrogens (tertiary/aromatic N) is 7. The molecule has 9 N–H and O–H groups in total. The van der Waals surface area contributed by atoms with E-state index in [0.717, 1.165) is 104 Å². The van der Waals surface area contributed by atoms with Crippen molar-refractivity contribution < 1.29 is 38.2 Å². The largest absolute Gasteiger partial charge is 0.449 e. The Balaban J connectivity index is 0.00000158. The number of cyclic esters (lactones) is 2. The molecule has 8 atom stereocenters. The topological polar surface area (TPSA) is 320 Å². The molecule has 2 aromatic rings. The summed E-state index contributed by atoms with van der Waals surface area (Å²) in [6.07, 6.45) is 5.30. The van der Waals surface area contributed by atoms with Gasteiger partial charge >= 0.3 is 18.2 Å². The predicted octanol–water partition coefficient (Wildman–Crippen LogP) is 17.6. The number of nitrogens with one attached hydrogen (secondary N) is 9. The Hall–Kier alpha value is -6.14. The maximum Gasteiger partial charge on any atom is 0.409 e. The second kappa shape index (κ2) is 57.8. The molecular formula is C112H218N16O12. The lowest BCUT2D eigenvalue weighted by Crippen LogP contribution is -2.53. The van der Waals surface area contributed by atoms with Crippen molar-refractivity contribution in [3.63, 3.8) is 0 Å². The molecule has 0 radical (unpaired) electrons. The quantitative estimate of drug-likeness (QED) is 0.0294. The highest BCUT2D eigenvalue weighted by Crippen LogP contribution is 2.34. The molecule has 5 aliphatic rings. The molecule has 0 aromatic heterocycles. The van der Waals surface area contributed by atoms with E-state index in [9.17, 15) is 47.9 Å². The third-order valence-electron chi connectivity index (χ3n) is 25.7. The highest BCUT2D eigenvalue weighted by atomic mass is 16.6. The summed E-state index contributed by atoms with van der Waals surface area (Å²) >= 11 is 0. The summed E-state index contributed by atoms with van der Waals surface area (Å²) in [6, 6.07) is 5.38. The van der Waals surface area contributed by atoms with Gasteiger partial charge in [0, 0.05) is 213 Å². The zero-order valence-corrected chi connectivity index (χ0v) is 99.2. The number of carbonyl (C=O) groups excluding carboxylic acids is 6. The lowest BCUT2D eigenvalue weighted by molar-refractivity contribution is -0.134. The first-order chi connectivity index (χ1) is 63.2. The minimum Gasteiger partial charge on any atom is -0.449 e. The summed E-state index contributed by atoms with van der Waals surface area (Å²) < 4.78 is 10.0. The molecule has 0 aliphatic carbocycles. The Morgan fingerprint density at radius 2 is 0.614 bits per heavy atom. The highest BCUT2D eigenvalue weighted by Gasteiger charge is 2.42. The first-order valence-electron chi connectivity index (χ1n) is 53.3. The van der Waals surface area contributed by atoms with E-state index in [1.165, 1.54) is 0 Å². The molecule has 140 heavy (non-hydrogen) atoms. The number of likely N-dealkylation sites (N-methyl/N-ethyl adjacent to an activating group) is 2. The number of ketones is 1. The second-order valence-electron chi connectivity index (χ2n) is 53.8. The van der Waals surface area contributed by atoms with E-state index in [-0.39, 0.29) is 130 Å². The third-order valence-corrected chi connectivity index (χ3v) is 25.7. The summed E-state index contributed by atoms with van der Waals surface area (Å²) in [5, 5.41) is 31.1. The molecule has 5 heterocycles. The van der Waals surface area contributed by atoms with E-state index in [1.807, 2.05) is 98.9 Å². The van der Waals surface area contributed by atoms with Crippen molar-refractivity contribution in [1.29, 1.82) is 0 Å². The van der Waals surface area contributed by atoms with Gasteiger partial charge in [-0.25, -0.2) is 14.4 Å². The lowest BCUT2D eigenvalue weighted by atomic mass is 9.75. The van der Waals surface area contributed by atoms with E-state index in [2.05, 4.69) is 325 Å². The zero-order chi connectivity index (χ0) is 110. The lowest BCUT2D eigenvalue weighted by Gasteiger charge is -2.38. The molecule has 0 bridgehead atoms. The van der Waals surface area contributed by atoms with Gasteiger partial charge in [0.05, 0.1) is 30.6 Å². The maximum absolute atomic E-state index is 12.3. The monoisotopic (exact) mass is 1980 g/mol. The van der Waals surface area contributed by atoms with Gasteiger partial charge in [-0.15, -0.1) is 0 Å². The maximum atomic E-state index is 12.3. The number of anilines is 2. The Morgan fingerprint density at radius 1 is 0.321 bits per heavy atom. The Bertz CT molecular complexity index is 3940. The molecule has 5 saturated heterocycles. The van der Waals surface area contributed by atoms with Crippen LogP contribution in [0.2, 0.25) is 0 Å². The molecule has 0 unspecified atom stereocenters. The van der Waals surface area contributed by atoms with Crippen LogP contribution < -0.4 is 79.4 Å². The van der Waals surface area contributed by atoms with Crippen molar-refractivity contribution in [2.24, 2.45) is 48.7 Å². The van der Waals surface area contributed by atoms with Crippen LogP contribution in [0.1, 0.15) is 388 Å². The molecule has 2 aromatic carbocycles. The molecule has 818 valence electrons. The number of hydrogen-bond donors (Lipinski definition) is 9. The molecular weight excluding hydrogens is 1760 g/mol. The minimum absolute atomic E-state index is 0.0331. The number of likely N-dealkylation sites (tertiary alicyclic amines) is 2. The van der Waals surface area contributed by atoms with Gasteiger partial charge < -0.3 is 91.6 Å². The SMILES string of the molecule is CC(C)N[C@H](C(=O)C(C)(C)C)C(C)(C)C.CC(C)N[C@H](CN(C)c1c(C(C)(C)C)c(=O)c1=O)C(C)(C)C.CC(C)N[C@H](CN(C)c1c(C(C)C)c(=O)c1=O)C(C)(C)C.CC(C)N[C@H](CN1CCCC1=O)C(C)(C)C.CC(C)N[C@H](CN1CCCCC1=O)C(C)(C)C.CC(C)N[C@H](CN1CCCOC1=O)C(C)(C)C.CC(C)N[C@H](CN1CCNC1=O)C(C)(C)C.CC(C)N[C@H](CN1CCOC1=O)C(C)(C)C. The van der Waals surface area contributed by atoms with Crippen LogP contribution >= 0.6 is 0 Å². The average Bonchev–Trinajstić information content (AvgIpc) is 0.851. The van der Waals surface area contributed by atoms with E-state index >= 15 is 0 Å². The third kappa shape index (κ3) is 49.4. The van der Waals surface area contributed by atoms with Gasteiger partial charge in [0.25, 0.3) is 0 Å². The number of hydrogen-bond acceptors (Lipinski definition) is 22. The van der Waals surface area contributed by atoms with Crippen LogP contribution in [0.25, 0.3) is 0 Å². The average molecular weight is 1980 g/mol. The van der Waals surface area contributed by atoms with Crippen LogP contribution in [-0.2, 0) is 29.3 Å². The molecule has 28 nitrogen and oxygen atoms in total. The summed E-state index contributed by atoms with van der Waals surface area (Å²) in [6.45, 7) is 114. The van der Waals surface area contributed by atoms with E-state index < -0.39 is 0 Å². The van der Waals surface area contributed by atoms with Gasteiger partial charge in [-0.2, -0.15) is 0 Å². The van der Waals surface area contributed by atoms with Gasteiger partial charge in [0.15, 0.2) is 5.78 Å². The van der Waals surface area contributed by atoms with Gasteiger partial charge in [-0.3, -0.25) is 33.6 Å². The molecule has 5 fully saturated rings. The number of urea groups is 1. The molecule has 5 aliphatic heterocycles. The van der Waals surface area contributed by atoms with Crippen LogP contribution in [-0.4, -0.2) is 269 Å².